The summed E-state index contributed by atoms with van der Waals surface area (Å²) in [5.74, 6) is 1.71. The van der Waals surface area contributed by atoms with Gasteiger partial charge >= 0.3 is 0 Å². The average molecular weight is 280 g/mol. The van der Waals surface area contributed by atoms with E-state index >= 15 is 0 Å². The van der Waals surface area contributed by atoms with Gasteiger partial charge in [-0.15, -0.1) is 28.3 Å². The smallest absolute Gasteiger partial charge is 0.216 e. The first-order chi connectivity index (χ1) is 7.67. The quantitative estimate of drug-likeness (QED) is 0.641. The Balaban J connectivity index is 2.66. The highest BCUT2D eigenvalue weighted by atomic mass is 35.5. The summed E-state index contributed by atoms with van der Waals surface area (Å²) in [5.41, 5.74) is 1.72. The van der Waals surface area contributed by atoms with Crippen molar-refractivity contribution in [1.29, 1.82) is 0 Å². The summed E-state index contributed by atoms with van der Waals surface area (Å²) in [6, 6.07) is 0. The van der Waals surface area contributed by atoms with E-state index in [2.05, 4.69) is 15.1 Å². The third-order valence-corrected chi connectivity index (χ3v) is 3.05. The molecule has 0 aromatic carbocycles. The first-order valence-corrected chi connectivity index (χ1v) is 6.14. The largest absolute Gasteiger partial charge is 0.254 e. The van der Waals surface area contributed by atoms with Crippen molar-refractivity contribution in [3.63, 3.8) is 0 Å². The molecule has 0 spiro atoms. The minimum atomic E-state index is 0.240. The molecule has 2 aromatic heterocycles. The Bertz CT molecular complexity index is 523. The third kappa shape index (κ3) is 1.97. The van der Waals surface area contributed by atoms with Crippen LogP contribution in [0.1, 0.15) is 17.1 Å². The molecule has 4 nitrogen and oxygen atoms in total. The van der Waals surface area contributed by atoms with Crippen LogP contribution in [0.4, 0.5) is 0 Å². The van der Waals surface area contributed by atoms with Crippen LogP contribution in [0.25, 0.3) is 5.78 Å². The monoisotopic (exact) mass is 278 g/mol. The van der Waals surface area contributed by atoms with E-state index in [1.807, 2.05) is 6.92 Å². The van der Waals surface area contributed by atoms with E-state index in [0.717, 1.165) is 11.3 Å². The molecule has 0 atom stereocenters. The second kappa shape index (κ2) is 4.73. The molecule has 2 rings (SSSR count). The van der Waals surface area contributed by atoms with Crippen molar-refractivity contribution >= 4 is 40.6 Å². The highest BCUT2D eigenvalue weighted by molar-refractivity contribution is 6.30. The fraction of sp³-hybridized carbons (Fsp3) is 0.444. The standard InChI is InChI=1S/C9H9Cl3N4/c1-5-6(2-3-10)8(12)16-9(13-5)14-7(4-11)15-16/h2-4H2,1H3. The van der Waals surface area contributed by atoms with E-state index in [-0.39, 0.29) is 5.88 Å². The van der Waals surface area contributed by atoms with Gasteiger partial charge in [-0.3, -0.25) is 0 Å². The lowest BCUT2D eigenvalue weighted by Gasteiger charge is -2.06. The summed E-state index contributed by atoms with van der Waals surface area (Å²) in [7, 11) is 0. The topological polar surface area (TPSA) is 43.1 Å². The van der Waals surface area contributed by atoms with Crippen molar-refractivity contribution in [3.05, 3.63) is 22.2 Å². The summed E-state index contributed by atoms with van der Waals surface area (Å²) < 4.78 is 1.49. The molecule has 0 N–H and O–H groups in total. The van der Waals surface area contributed by atoms with E-state index < -0.39 is 0 Å². The molecule has 0 saturated carbocycles. The van der Waals surface area contributed by atoms with E-state index in [1.165, 1.54) is 4.52 Å². The fourth-order valence-corrected chi connectivity index (χ4v) is 2.13. The van der Waals surface area contributed by atoms with Crippen LogP contribution < -0.4 is 0 Å². The Kier molecular flexibility index (Phi) is 3.52. The lowest BCUT2D eigenvalue weighted by molar-refractivity contribution is 0.879. The number of halogens is 3. The predicted octanol–water partition coefficient (Wildman–Crippen LogP) is 2.61. The van der Waals surface area contributed by atoms with E-state index in [0.29, 0.717) is 29.1 Å². The summed E-state index contributed by atoms with van der Waals surface area (Å²) in [6.45, 7) is 1.88. The maximum absolute atomic E-state index is 6.21. The highest BCUT2D eigenvalue weighted by Crippen LogP contribution is 2.20. The minimum Gasteiger partial charge on any atom is -0.216 e. The Labute approximate surface area is 108 Å². The van der Waals surface area contributed by atoms with Crippen molar-refractivity contribution < 1.29 is 0 Å². The van der Waals surface area contributed by atoms with Gasteiger partial charge < -0.3 is 0 Å². The predicted molar refractivity (Wildman–Crippen MR) is 64.5 cm³/mol. The minimum absolute atomic E-state index is 0.240. The zero-order valence-electron chi connectivity index (χ0n) is 8.54. The van der Waals surface area contributed by atoms with Gasteiger partial charge in [0.15, 0.2) is 5.82 Å². The molecular formula is C9H9Cl3N4. The van der Waals surface area contributed by atoms with Crippen LogP contribution in [-0.4, -0.2) is 25.5 Å². The molecule has 0 amide bonds. The lowest BCUT2D eigenvalue weighted by atomic mass is 10.2. The normalized spacial score (nSPS) is 11.2. The number of aromatic nitrogens is 4. The molecule has 0 bridgehead atoms. The SMILES string of the molecule is Cc1nc2nc(CCl)nn2c(Cl)c1CCCl. The van der Waals surface area contributed by atoms with Gasteiger partial charge in [0.2, 0.25) is 0 Å². The first-order valence-electron chi connectivity index (χ1n) is 4.70. The molecule has 86 valence electrons. The maximum atomic E-state index is 6.21. The molecule has 2 heterocycles. The van der Waals surface area contributed by atoms with Gasteiger partial charge in [-0.2, -0.15) is 9.50 Å². The average Bonchev–Trinajstić information content (AvgIpc) is 2.67. The Morgan fingerprint density at radius 2 is 2.00 bits per heavy atom. The van der Waals surface area contributed by atoms with Crippen molar-refractivity contribution in [2.45, 2.75) is 19.2 Å². The summed E-state index contributed by atoms with van der Waals surface area (Å²) in [4.78, 5) is 8.46. The molecule has 0 unspecified atom stereocenters. The molecule has 0 fully saturated rings. The van der Waals surface area contributed by atoms with Crippen LogP contribution in [0.3, 0.4) is 0 Å². The van der Waals surface area contributed by atoms with Gasteiger partial charge in [0, 0.05) is 17.1 Å². The second-order valence-corrected chi connectivity index (χ2v) is 4.28. The Morgan fingerprint density at radius 3 is 2.62 bits per heavy atom. The van der Waals surface area contributed by atoms with Crippen LogP contribution >= 0.6 is 34.8 Å². The van der Waals surface area contributed by atoms with Crippen LogP contribution in [0.15, 0.2) is 0 Å². The van der Waals surface area contributed by atoms with Gasteiger partial charge in [-0.25, -0.2) is 4.98 Å². The highest BCUT2D eigenvalue weighted by Gasteiger charge is 2.13. The van der Waals surface area contributed by atoms with Crippen molar-refractivity contribution in [3.8, 4) is 0 Å². The van der Waals surface area contributed by atoms with Gasteiger partial charge in [-0.05, 0) is 13.3 Å². The van der Waals surface area contributed by atoms with Crippen molar-refractivity contribution in [2.24, 2.45) is 0 Å². The molecule has 16 heavy (non-hydrogen) atoms. The van der Waals surface area contributed by atoms with Gasteiger partial charge in [0.05, 0.1) is 5.88 Å². The number of aryl methyl sites for hydroxylation is 1. The molecule has 0 aliphatic heterocycles. The number of hydrogen-bond acceptors (Lipinski definition) is 3. The van der Waals surface area contributed by atoms with Gasteiger partial charge in [0.1, 0.15) is 5.15 Å². The van der Waals surface area contributed by atoms with Crippen LogP contribution in [-0.2, 0) is 12.3 Å². The van der Waals surface area contributed by atoms with Crippen LogP contribution in [0.5, 0.6) is 0 Å². The van der Waals surface area contributed by atoms with Crippen molar-refractivity contribution in [1.82, 2.24) is 19.6 Å². The molecule has 0 aliphatic carbocycles. The number of nitrogens with zero attached hydrogens (tertiary/aromatic N) is 4. The molecular weight excluding hydrogens is 270 g/mol. The van der Waals surface area contributed by atoms with Crippen LogP contribution in [0, 0.1) is 6.92 Å². The van der Waals surface area contributed by atoms with Crippen molar-refractivity contribution in [2.75, 3.05) is 5.88 Å². The van der Waals surface area contributed by atoms with Gasteiger partial charge in [-0.1, -0.05) is 11.6 Å². The van der Waals surface area contributed by atoms with Gasteiger partial charge in [0.25, 0.3) is 5.78 Å². The zero-order chi connectivity index (χ0) is 11.7. The molecule has 0 aliphatic rings. The summed E-state index contributed by atoms with van der Waals surface area (Å²) >= 11 is 17.6. The first kappa shape index (κ1) is 11.9. The summed E-state index contributed by atoms with van der Waals surface area (Å²) in [5, 5.41) is 4.66. The maximum Gasteiger partial charge on any atom is 0.254 e. The van der Waals surface area contributed by atoms with E-state index in [4.69, 9.17) is 34.8 Å². The lowest BCUT2D eigenvalue weighted by Crippen LogP contribution is -2.03. The second-order valence-electron chi connectivity index (χ2n) is 3.28. The van der Waals surface area contributed by atoms with E-state index in [1.54, 1.807) is 0 Å². The number of alkyl halides is 2. The third-order valence-electron chi connectivity index (χ3n) is 2.24. The fourth-order valence-electron chi connectivity index (χ4n) is 1.48. The zero-order valence-corrected chi connectivity index (χ0v) is 10.8. The Hall–Kier alpha value is -0.580. The molecule has 7 heteroatoms. The molecule has 0 saturated heterocycles. The number of rotatable bonds is 3. The number of fused-ring (bicyclic) bond motifs is 1. The number of hydrogen-bond donors (Lipinski definition) is 0. The Morgan fingerprint density at radius 1 is 1.25 bits per heavy atom. The molecule has 2 aromatic rings. The van der Waals surface area contributed by atoms with Crippen LogP contribution in [0.2, 0.25) is 5.15 Å². The molecule has 0 radical (unpaired) electrons. The summed E-state index contributed by atoms with van der Waals surface area (Å²) in [6.07, 6.45) is 0.658. The van der Waals surface area contributed by atoms with E-state index in [9.17, 15) is 0 Å².